The van der Waals surface area contributed by atoms with Crippen LogP contribution in [-0.2, 0) is 26.2 Å². The zero-order valence-electron chi connectivity index (χ0n) is 21.7. The van der Waals surface area contributed by atoms with Gasteiger partial charge in [-0.25, -0.2) is 8.42 Å². The smallest absolute Gasteiger partial charge is 0.244 e. The van der Waals surface area contributed by atoms with E-state index < -0.39 is 28.5 Å². The first-order chi connectivity index (χ1) is 18.2. The number of carbonyl (C=O) groups excluding carboxylic acids is 2. The van der Waals surface area contributed by atoms with Crippen LogP contribution in [0.3, 0.4) is 0 Å². The number of sulfonamides is 1. The minimum absolute atomic E-state index is 0.0382. The molecule has 1 atom stereocenters. The molecule has 11 heteroatoms. The second-order valence-corrected chi connectivity index (χ2v) is 12.0. The normalized spacial score (nSPS) is 16.1. The zero-order valence-corrected chi connectivity index (χ0v) is 23.3. The van der Waals surface area contributed by atoms with E-state index in [0.717, 1.165) is 42.7 Å². The van der Waals surface area contributed by atoms with Crippen molar-refractivity contribution in [2.24, 2.45) is 0 Å². The van der Waals surface area contributed by atoms with Crippen LogP contribution < -0.4 is 19.1 Å². The lowest BCUT2D eigenvalue weighted by molar-refractivity contribution is -0.140. The van der Waals surface area contributed by atoms with E-state index in [1.807, 2.05) is 13.0 Å². The Morgan fingerprint density at radius 3 is 2.47 bits per heavy atom. The van der Waals surface area contributed by atoms with Gasteiger partial charge in [-0.2, -0.15) is 0 Å². The molecule has 0 aromatic heterocycles. The van der Waals surface area contributed by atoms with Crippen LogP contribution in [0.4, 0.5) is 5.69 Å². The molecule has 1 fully saturated rings. The summed E-state index contributed by atoms with van der Waals surface area (Å²) in [7, 11) is -3.86. The molecule has 2 aromatic rings. The fraction of sp³-hybridized carbons (Fsp3) is 0.481. The quantitative estimate of drug-likeness (QED) is 0.467. The van der Waals surface area contributed by atoms with Crippen molar-refractivity contribution in [3.05, 3.63) is 53.1 Å². The number of amides is 2. The Bertz CT molecular complexity index is 1270. The first kappa shape index (κ1) is 28.0. The predicted octanol–water partition coefficient (Wildman–Crippen LogP) is 4.09. The molecule has 1 N–H and O–H groups in total. The van der Waals surface area contributed by atoms with Gasteiger partial charge >= 0.3 is 0 Å². The molecule has 0 radical (unpaired) electrons. The van der Waals surface area contributed by atoms with Crippen molar-refractivity contribution < 1.29 is 27.5 Å². The van der Waals surface area contributed by atoms with Gasteiger partial charge in [-0.3, -0.25) is 13.9 Å². The summed E-state index contributed by atoms with van der Waals surface area (Å²) < 4.78 is 37.4. The van der Waals surface area contributed by atoms with Crippen molar-refractivity contribution in [2.45, 2.75) is 64.1 Å². The number of hydrogen-bond acceptors (Lipinski definition) is 6. The van der Waals surface area contributed by atoms with Gasteiger partial charge in [0.15, 0.2) is 11.5 Å². The minimum Gasteiger partial charge on any atom is -0.454 e. The van der Waals surface area contributed by atoms with E-state index in [9.17, 15) is 18.0 Å². The maximum Gasteiger partial charge on any atom is 0.244 e. The van der Waals surface area contributed by atoms with Crippen molar-refractivity contribution in [1.82, 2.24) is 10.2 Å². The van der Waals surface area contributed by atoms with E-state index >= 15 is 0 Å². The molecular weight excluding hydrogens is 530 g/mol. The van der Waals surface area contributed by atoms with E-state index in [2.05, 4.69) is 5.32 Å². The Labute approximate surface area is 229 Å². The van der Waals surface area contributed by atoms with Gasteiger partial charge in [0.25, 0.3) is 0 Å². The van der Waals surface area contributed by atoms with Crippen LogP contribution in [0.15, 0.2) is 42.5 Å². The molecule has 1 saturated carbocycles. The maximum absolute atomic E-state index is 13.9. The van der Waals surface area contributed by atoms with Crippen molar-refractivity contribution in [3.8, 4) is 11.5 Å². The molecule has 0 spiro atoms. The summed E-state index contributed by atoms with van der Waals surface area (Å²) in [5, 5.41) is 3.58. The van der Waals surface area contributed by atoms with E-state index in [1.165, 1.54) is 11.0 Å². The van der Waals surface area contributed by atoms with Crippen molar-refractivity contribution in [3.63, 3.8) is 0 Å². The summed E-state index contributed by atoms with van der Waals surface area (Å²) in [5.74, 6) is 0.140. The molecule has 4 rings (SSSR count). The molecule has 206 valence electrons. The van der Waals surface area contributed by atoms with Gasteiger partial charge in [0.2, 0.25) is 28.6 Å². The standard InChI is InChI=1S/C27H34ClN3O6S/c1-3-23(27(33)29-20-10-5-4-6-11-20)30(16-19-9-7-8-12-22(19)28)26(32)17-31(38(2,34)35)21-13-14-24-25(15-21)37-18-36-24/h7-9,12-15,20,23H,3-6,10-11,16-18H2,1-2H3,(H,29,33). The Hall–Kier alpha value is -2.98. The lowest BCUT2D eigenvalue weighted by atomic mass is 9.95. The molecule has 0 bridgehead atoms. The highest BCUT2D eigenvalue weighted by Crippen LogP contribution is 2.36. The van der Waals surface area contributed by atoms with E-state index in [1.54, 1.807) is 30.3 Å². The first-order valence-corrected chi connectivity index (χ1v) is 15.1. The molecule has 1 heterocycles. The van der Waals surface area contributed by atoms with Crippen molar-refractivity contribution in [2.75, 3.05) is 23.9 Å². The predicted molar refractivity (Wildman–Crippen MR) is 146 cm³/mol. The topological polar surface area (TPSA) is 105 Å². The summed E-state index contributed by atoms with van der Waals surface area (Å²) in [5.41, 5.74) is 0.933. The number of hydrogen-bond donors (Lipinski definition) is 1. The summed E-state index contributed by atoms with van der Waals surface area (Å²) in [6, 6.07) is 11.1. The molecule has 0 saturated heterocycles. The van der Waals surface area contributed by atoms with E-state index in [4.69, 9.17) is 21.1 Å². The second-order valence-electron chi connectivity index (χ2n) is 9.69. The van der Waals surface area contributed by atoms with Gasteiger partial charge in [-0.15, -0.1) is 0 Å². The summed E-state index contributed by atoms with van der Waals surface area (Å²) in [6.07, 6.45) is 6.49. The highest BCUT2D eigenvalue weighted by atomic mass is 35.5. The van der Waals surface area contributed by atoms with Crippen LogP contribution in [0, 0.1) is 0 Å². The Morgan fingerprint density at radius 1 is 1.08 bits per heavy atom. The molecule has 1 aliphatic heterocycles. The number of rotatable bonds is 10. The number of nitrogens with zero attached hydrogens (tertiary/aromatic N) is 2. The molecule has 2 aliphatic rings. The third-order valence-electron chi connectivity index (χ3n) is 6.96. The van der Waals surface area contributed by atoms with Gasteiger partial charge in [0, 0.05) is 23.7 Å². The Balaban J connectivity index is 1.63. The fourth-order valence-electron chi connectivity index (χ4n) is 4.93. The zero-order chi connectivity index (χ0) is 27.3. The third kappa shape index (κ3) is 6.71. The highest BCUT2D eigenvalue weighted by Gasteiger charge is 2.33. The number of fused-ring (bicyclic) bond motifs is 1. The molecule has 1 unspecified atom stereocenters. The second kappa shape index (κ2) is 12.3. The number of anilines is 1. The number of nitrogens with one attached hydrogen (secondary N) is 1. The van der Waals surface area contributed by atoms with E-state index in [-0.39, 0.29) is 31.0 Å². The summed E-state index contributed by atoms with van der Waals surface area (Å²) in [4.78, 5) is 28.7. The van der Waals surface area contributed by atoms with Crippen LogP contribution in [0.1, 0.15) is 51.0 Å². The number of benzene rings is 2. The molecule has 9 nitrogen and oxygen atoms in total. The van der Waals surface area contributed by atoms with Gasteiger partial charge in [0.1, 0.15) is 12.6 Å². The largest absolute Gasteiger partial charge is 0.454 e. The Kier molecular flexibility index (Phi) is 9.04. The van der Waals surface area contributed by atoms with Gasteiger partial charge in [-0.1, -0.05) is 56.0 Å². The van der Waals surface area contributed by atoms with Crippen molar-refractivity contribution >= 4 is 39.1 Å². The van der Waals surface area contributed by atoms with Gasteiger partial charge in [0.05, 0.1) is 11.9 Å². The fourth-order valence-corrected chi connectivity index (χ4v) is 5.96. The number of halogens is 1. The molecule has 38 heavy (non-hydrogen) atoms. The molecule has 1 aliphatic carbocycles. The maximum atomic E-state index is 13.9. The first-order valence-electron chi connectivity index (χ1n) is 12.9. The van der Waals surface area contributed by atoms with Crippen LogP contribution in [0.5, 0.6) is 11.5 Å². The average molecular weight is 564 g/mol. The average Bonchev–Trinajstić information content (AvgIpc) is 3.36. The van der Waals surface area contributed by atoms with Gasteiger partial charge in [-0.05, 0) is 43.0 Å². The lowest BCUT2D eigenvalue weighted by Crippen LogP contribution is -2.54. The number of ether oxygens (including phenoxy) is 2. The van der Waals surface area contributed by atoms with Crippen molar-refractivity contribution in [1.29, 1.82) is 0 Å². The molecular formula is C27H34ClN3O6S. The van der Waals surface area contributed by atoms with Crippen LogP contribution in [0.2, 0.25) is 5.02 Å². The summed E-state index contributed by atoms with van der Waals surface area (Å²) in [6.45, 7) is 1.45. The molecule has 2 amide bonds. The third-order valence-corrected chi connectivity index (χ3v) is 8.47. The minimum atomic E-state index is -3.86. The van der Waals surface area contributed by atoms with E-state index in [0.29, 0.717) is 28.5 Å². The SMILES string of the molecule is CCC(C(=O)NC1CCCCC1)N(Cc1ccccc1Cl)C(=O)CN(c1ccc2c(c1)OCO2)S(C)(=O)=O. The molecule has 2 aromatic carbocycles. The highest BCUT2D eigenvalue weighted by molar-refractivity contribution is 7.92. The van der Waals surface area contributed by atoms with Crippen LogP contribution >= 0.6 is 11.6 Å². The summed E-state index contributed by atoms with van der Waals surface area (Å²) >= 11 is 6.41. The number of carbonyl (C=O) groups is 2. The Morgan fingerprint density at radius 2 is 1.79 bits per heavy atom. The van der Waals surface area contributed by atoms with Crippen LogP contribution in [-0.4, -0.2) is 56.8 Å². The lowest BCUT2D eigenvalue weighted by Gasteiger charge is -2.34. The monoisotopic (exact) mass is 563 g/mol. The van der Waals surface area contributed by atoms with Crippen LogP contribution in [0.25, 0.3) is 0 Å². The van der Waals surface area contributed by atoms with Gasteiger partial charge < -0.3 is 19.7 Å².